The molecule has 0 heterocycles. The van der Waals surface area contributed by atoms with Gasteiger partial charge in [0.05, 0.1) is 0 Å². The van der Waals surface area contributed by atoms with Crippen molar-refractivity contribution in [1.29, 1.82) is 0 Å². The number of nitrogens with zero attached hydrogens (tertiary/aromatic N) is 1. The first kappa shape index (κ1) is 15.8. The lowest BCUT2D eigenvalue weighted by atomic mass is 10.1. The van der Waals surface area contributed by atoms with E-state index in [-0.39, 0.29) is 11.7 Å². The predicted molar refractivity (Wildman–Crippen MR) is 83.4 cm³/mol. The monoisotopic (exact) mass is 325 g/mol. The lowest BCUT2D eigenvalue weighted by Gasteiger charge is -2.19. The van der Waals surface area contributed by atoms with Crippen LogP contribution in [-0.4, -0.2) is 17.9 Å². The molecule has 0 aliphatic carbocycles. The first-order valence-electron chi connectivity index (χ1n) is 6.34. The lowest BCUT2D eigenvalue weighted by molar-refractivity contribution is 0.0784. The number of rotatable bonds is 3. The van der Waals surface area contributed by atoms with Gasteiger partial charge in [-0.05, 0) is 48.4 Å². The van der Waals surface area contributed by atoms with E-state index in [0.29, 0.717) is 27.7 Å². The minimum absolute atomic E-state index is 0.182. The van der Waals surface area contributed by atoms with Crippen molar-refractivity contribution < 1.29 is 9.18 Å². The Hall–Kier alpha value is -1.58. The third-order valence-corrected chi connectivity index (χ3v) is 3.78. The molecule has 0 N–H and O–H groups in total. The maximum atomic E-state index is 13.1. The predicted octanol–water partition coefficient (Wildman–Crippen LogP) is 4.71. The van der Waals surface area contributed by atoms with Crippen molar-refractivity contribution in [2.24, 2.45) is 0 Å². The molecule has 0 aliphatic rings. The second kappa shape index (κ2) is 6.46. The zero-order chi connectivity index (χ0) is 15.6. The van der Waals surface area contributed by atoms with Crippen molar-refractivity contribution in [3.63, 3.8) is 0 Å². The van der Waals surface area contributed by atoms with Crippen molar-refractivity contribution in [2.45, 2.75) is 13.5 Å². The van der Waals surface area contributed by atoms with E-state index in [0.717, 1.165) is 5.56 Å². The SMILES string of the molecule is Cc1cc(F)ccc1C(=O)N(C)Cc1ccc(Cl)cc1Cl. The highest BCUT2D eigenvalue weighted by Crippen LogP contribution is 2.23. The van der Waals surface area contributed by atoms with Crippen LogP contribution in [0.5, 0.6) is 0 Å². The topological polar surface area (TPSA) is 20.3 Å². The molecule has 110 valence electrons. The van der Waals surface area contributed by atoms with Crippen LogP contribution in [0.1, 0.15) is 21.5 Å². The average molecular weight is 326 g/mol. The standard InChI is InChI=1S/C16H14Cl2FNO/c1-10-7-13(19)5-6-14(10)16(21)20(2)9-11-3-4-12(17)8-15(11)18/h3-8H,9H2,1-2H3. The second-order valence-electron chi connectivity index (χ2n) is 4.86. The number of amides is 1. The fraction of sp³-hybridized carbons (Fsp3) is 0.188. The highest BCUT2D eigenvalue weighted by Gasteiger charge is 2.16. The van der Waals surface area contributed by atoms with Gasteiger partial charge in [-0.3, -0.25) is 4.79 Å². The molecular weight excluding hydrogens is 312 g/mol. The molecule has 0 bridgehead atoms. The van der Waals surface area contributed by atoms with Gasteiger partial charge < -0.3 is 4.90 Å². The van der Waals surface area contributed by atoms with Crippen LogP contribution < -0.4 is 0 Å². The summed E-state index contributed by atoms with van der Waals surface area (Å²) in [7, 11) is 1.68. The van der Waals surface area contributed by atoms with Gasteiger partial charge in [0.2, 0.25) is 0 Å². The summed E-state index contributed by atoms with van der Waals surface area (Å²) in [6.07, 6.45) is 0. The van der Waals surface area contributed by atoms with Gasteiger partial charge in [0.1, 0.15) is 5.82 Å². The molecule has 0 spiro atoms. The summed E-state index contributed by atoms with van der Waals surface area (Å²) in [6, 6.07) is 9.27. The van der Waals surface area contributed by atoms with Crippen LogP contribution in [0, 0.1) is 12.7 Å². The molecule has 2 aromatic carbocycles. The largest absolute Gasteiger partial charge is 0.337 e. The highest BCUT2D eigenvalue weighted by atomic mass is 35.5. The number of carbonyl (C=O) groups excluding carboxylic acids is 1. The zero-order valence-corrected chi connectivity index (χ0v) is 13.2. The molecule has 0 unspecified atom stereocenters. The first-order chi connectivity index (χ1) is 9.88. The van der Waals surface area contributed by atoms with Gasteiger partial charge in [-0.15, -0.1) is 0 Å². The molecule has 0 radical (unpaired) electrons. The molecule has 1 amide bonds. The summed E-state index contributed by atoms with van der Waals surface area (Å²) in [6.45, 7) is 2.06. The minimum Gasteiger partial charge on any atom is -0.337 e. The van der Waals surface area contributed by atoms with Crippen LogP contribution in [0.3, 0.4) is 0 Å². The Morgan fingerprint density at radius 3 is 2.52 bits per heavy atom. The molecule has 2 rings (SSSR count). The average Bonchev–Trinajstić information content (AvgIpc) is 2.41. The molecule has 0 saturated heterocycles. The maximum Gasteiger partial charge on any atom is 0.254 e. The molecule has 2 nitrogen and oxygen atoms in total. The number of halogens is 3. The number of carbonyl (C=O) groups is 1. The van der Waals surface area contributed by atoms with E-state index >= 15 is 0 Å². The van der Waals surface area contributed by atoms with Crippen molar-refractivity contribution in [3.05, 3.63) is 69.0 Å². The first-order valence-corrected chi connectivity index (χ1v) is 7.09. The van der Waals surface area contributed by atoms with Gasteiger partial charge in [0.15, 0.2) is 0 Å². The van der Waals surface area contributed by atoms with Crippen LogP contribution in [0.2, 0.25) is 10.0 Å². The summed E-state index contributed by atoms with van der Waals surface area (Å²) < 4.78 is 13.1. The van der Waals surface area contributed by atoms with E-state index in [1.165, 1.54) is 23.1 Å². The molecule has 21 heavy (non-hydrogen) atoms. The van der Waals surface area contributed by atoms with E-state index in [1.54, 1.807) is 32.2 Å². The van der Waals surface area contributed by atoms with E-state index in [1.807, 2.05) is 0 Å². The zero-order valence-electron chi connectivity index (χ0n) is 11.7. The Balaban J connectivity index is 2.19. The van der Waals surface area contributed by atoms with Gasteiger partial charge in [-0.25, -0.2) is 4.39 Å². The van der Waals surface area contributed by atoms with Gasteiger partial charge in [-0.2, -0.15) is 0 Å². The second-order valence-corrected chi connectivity index (χ2v) is 5.70. The fourth-order valence-corrected chi connectivity index (χ4v) is 2.52. The highest BCUT2D eigenvalue weighted by molar-refractivity contribution is 6.35. The quantitative estimate of drug-likeness (QED) is 0.800. The molecule has 0 atom stereocenters. The van der Waals surface area contributed by atoms with Crippen LogP contribution in [0.15, 0.2) is 36.4 Å². The third kappa shape index (κ3) is 3.74. The smallest absolute Gasteiger partial charge is 0.254 e. The molecule has 0 aliphatic heterocycles. The fourth-order valence-electron chi connectivity index (χ4n) is 2.05. The number of hydrogen-bond acceptors (Lipinski definition) is 1. The molecule has 0 saturated carbocycles. The normalized spacial score (nSPS) is 10.5. The number of hydrogen-bond donors (Lipinski definition) is 0. The van der Waals surface area contributed by atoms with Crippen molar-refractivity contribution in [1.82, 2.24) is 4.90 Å². The molecule has 5 heteroatoms. The Bertz CT molecular complexity index is 688. The number of benzene rings is 2. The van der Waals surface area contributed by atoms with Crippen LogP contribution >= 0.6 is 23.2 Å². The lowest BCUT2D eigenvalue weighted by Crippen LogP contribution is -2.27. The summed E-state index contributed by atoms with van der Waals surface area (Å²) in [5, 5.41) is 1.06. The maximum absolute atomic E-state index is 13.1. The molecule has 2 aromatic rings. The van der Waals surface area contributed by atoms with Gasteiger partial charge in [0, 0.05) is 29.2 Å². The van der Waals surface area contributed by atoms with Gasteiger partial charge in [-0.1, -0.05) is 29.3 Å². The van der Waals surface area contributed by atoms with Crippen molar-refractivity contribution in [3.8, 4) is 0 Å². The molecular formula is C16H14Cl2FNO. The Labute approximate surface area is 133 Å². The summed E-state index contributed by atoms with van der Waals surface area (Å²) in [5.41, 5.74) is 1.88. The van der Waals surface area contributed by atoms with E-state index in [2.05, 4.69) is 0 Å². The van der Waals surface area contributed by atoms with E-state index in [4.69, 9.17) is 23.2 Å². The molecule has 0 fully saturated rings. The Morgan fingerprint density at radius 2 is 1.90 bits per heavy atom. The van der Waals surface area contributed by atoms with Crippen LogP contribution in [0.25, 0.3) is 0 Å². The van der Waals surface area contributed by atoms with Gasteiger partial charge in [0.25, 0.3) is 5.91 Å². The Morgan fingerprint density at radius 1 is 1.19 bits per heavy atom. The summed E-state index contributed by atoms with van der Waals surface area (Å²) in [5.74, 6) is -0.536. The van der Waals surface area contributed by atoms with Crippen LogP contribution in [0.4, 0.5) is 4.39 Å². The van der Waals surface area contributed by atoms with Crippen molar-refractivity contribution in [2.75, 3.05) is 7.05 Å². The summed E-state index contributed by atoms with van der Waals surface area (Å²) in [4.78, 5) is 13.9. The third-order valence-electron chi connectivity index (χ3n) is 3.19. The van der Waals surface area contributed by atoms with E-state index < -0.39 is 0 Å². The molecule has 0 aromatic heterocycles. The van der Waals surface area contributed by atoms with E-state index in [9.17, 15) is 9.18 Å². The Kier molecular flexibility index (Phi) is 4.86. The van der Waals surface area contributed by atoms with Gasteiger partial charge >= 0.3 is 0 Å². The van der Waals surface area contributed by atoms with Crippen LogP contribution in [-0.2, 0) is 6.54 Å². The number of aryl methyl sites for hydroxylation is 1. The van der Waals surface area contributed by atoms with Crippen molar-refractivity contribution >= 4 is 29.1 Å². The summed E-state index contributed by atoms with van der Waals surface area (Å²) >= 11 is 12.0. The minimum atomic E-state index is -0.354.